The summed E-state index contributed by atoms with van der Waals surface area (Å²) in [6.45, 7) is 0.877. The predicted octanol–water partition coefficient (Wildman–Crippen LogP) is 0.281. The lowest BCUT2D eigenvalue weighted by atomic mass is 9.77. The van der Waals surface area contributed by atoms with E-state index in [0.717, 1.165) is 6.42 Å². The van der Waals surface area contributed by atoms with E-state index in [-0.39, 0.29) is 6.03 Å². The average molecular weight is 230 g/mol. The van der Waals surface area contributed by atoms with Gasteiger partial charge >= 0.3 is 12.0 Å². The molecule has 1 rings (SSSR count). The highest BCUT2D eigenvalue weighted by Gasteiger charge is 2.46. The predicted molar refractivity (Wildman–Crippen MR) is 57.3 cm³/mol. The summed E-state index contributed by atoms with van der Waals surface area (Å²) in [6, 6.07) is -0.362. The average Bonchev–Trinajstić information content (AvgIpc) is 2.18. The van der Waals surface area contributed by atoms with Gasteiger partial charge in [-0.25, -0.2) is 9.59 Å². The topological polar surface area (TPSA) is 78.9 Å². The number of carbonyl (C=O) groups is 2. The summed E-state index contributed by atoms with van der Waals surface area (Å²) < 4.78 is 4.84. The highest BCUT2D eigenvalue weighted by Crippen LogP contribution is 2.32. The van der Waals surface area contributed by atoms with Gasteiger partial charge in [0, 0.05) is 20.7 Å². The maximum absolute atomic E-state index is 11.7. The summed E-state index contributed by atoms with van der Waals surface area (Å²) in [5.41, 5.74) is -1.04. The zero-order valence-corrected chi connectivity index (χ0v) is 9.65. The zero-order valence-electron chi connectivity index (χ0n) is 9.65. The maximum Gasteiger partial charge on any atom is 0.329 e. The zero-order chi connectivity index (χ0) is 12.2. The van der Waals surface area contributed by atoms with Crippen molar-refractivity contribution < 1.29 is 19.4 Å². The number of carboxylic acids is 1. The van der Waals surface area contributed by atoms with E-state index in [9.17, 15) is 9.59 Å². The van der Waals surface area contributed by atoms with Crippen molar-refractivity contribution in [3.63, 3.8) is 0 Å². The largest absolute Gasteiger partial charge is 0.480 e. The number of methoxy groups -OCH3 is 1. The summed E-state index contributed by atoms with van der Waals surface area (Å²) in [5, 5.41) is 11.6. The molecule has 92 valence electrons. The highest BCUT2D eigenvalue weighted by atomic mass is 16.5. The number of hydrogen-bond donors (Lipinski definition) is 2. The van der Waals surface area contributed by atoms with E-state index in [1.54, 1.807) is 14.2 Å². The third kappa shape index (κ3) is 2.63. The van der Waals surface area contributed by atoms with Crippen LogP contribution in [-0.4, -0.2) is 54.9 Å². The van der Waals surface area contributed by atoms with Gasteiger partial charge in [-0.15, -0.1) is 0 Å². The molecule has 6 nitrogen and oxygen atoms in total. The molecular weight excluding hydrogens is 212 g/mol. The smallest absolute Gasteiger partial charge is 0.329 e. The van der Waals surface area contributed by atoms with Crippen LogP contribution in [0.1, 0.15) is 19.3 Å². The molecule has 0 heterocycles. The van der Waals surface area contributed by atoms with Crippen LogP contribution in [0.15, 0.2) is 0 Å². The summed E-state index contributed by atoms with van der Waals surface area (Å²) in [4.78, 5) is 24.1. The molecule has 1 aliphatic carbocycles. The van der Waals surface area contributed by atoms with Gasteiger partial charge in [0.15, 0.2) is 0 Å². The van der Waals surface area contributed by atoms with E-state index in [1.165, 1.54) is 4.90 Å². The summed E-state index contributed by atoms with van der Waals surface area (Å²) in [7, 11) is 3.17. The first kappa shape index (κ1) is 12.8. The molecule has 2 amide bonds. The van der Waals surface area contributed by atoms with Crippen molar-refractivity contribution in [3.05, 3.63) is 0 Å². The summed E-state index contributed by atoms with van der Waals surface area (Å²) in [5.74, 6) is -0.952. The molecule has 2 N–H and O–H groups in total. The van der Waals surface area contributed by atoms with Crippen LogP contribution in [0.5, 0.6) is 0 Å². The number of nitrogens with one attached hydrogen (secondary N) is 1. The molecule has 1 aliphatic rings. The van der Waals surface area contributed by atoms with Crippen molar-refractivity contribution in [1.82, 2.24) is 10.2 Å². The Labute approximate surface area is 94.6 Å². The molecule has 1 fully saturated rings. The highest BCUT2D eigenvalue weighted by molar-refractivity contribution is 5.87. The Morgan fingerprint density at radius 1 is 1.50 bits per heavy atom. The molecule has 0 aromatic rings. The van der Waals surface area contributed by atoms with Crippen LogP contribution in [0, 0.1) is 0 Å². The van der Waals surface area contributed by atoms with Gasteiger partial charge in [-0.05, 0) is 19.3 Å². The quantitative estimate of drug-likeness (QED) is 0.711. The van der Waals surface area contributed by atoms with Gasteiger partial charge < -0.3 is 20.1 Å². The first-order chi connectivity index (χ1) is 7.52. The number of ether oxygens (including phenoxy) is 1. The third-order valence-corrected chi connectivity index (χ3v) is 2.94. The van der Waals surface area contributed by atoms with E-state index >= 15 is 0 Å². The number of carboxylic acid groups (broad SMARTS) is 1. The van der Waals surface area contributed by atoms with E-state index in [4.69, 9.17) is 9.84 Å². The molecule has 0 radical (unpaired) electrons. The lowest BCUT2D eigenvalue weighted by molar-refractivity contribution is -0.148. The molecule has 0 unspecified atom stereocenters. The standard InChI is InChI=1S/C10H18N2O4/c1-12(6-7-16-2)9(15)11-10(8(13)14)4-3-5-10/h3-7H2,1-2H3,(H,11,15)(H,13,14). The number of carbonyl (C=O) groups excluding carboxylic acids is 1. The van der Waals surface area contributed by atoms with Crippen molar-refractivity contribution in [2.75, 3.05) is 27.3 Å². The SMILES string of the molecule is COCCN(C)C(=O)NC1(C(=O)O)CCC1. The van der Waals surface area contributed by atoms with Gasteiger partial charge in [0.1, 0.15) is 5.54 Å². The Balaban J connectivity index is 2.46. The normalized spacial score (nSPS) is 17.4. The Kier molecular flexibility index (Phi) is 4.12. The molecule has 0 saturated heterocycles. The Bertz CT molecular complexity index is 276. The lowest BCUT2D eigenvalue weighted by Gasteiger charge is -2.39. The van der Waals surface area contributed by atoms with Gasteiger partial charge in [0.25, 0.3) is 0 Å². The molecule has 0 aliphatic heterocycles. The van der Waals surface area contributed by atoms with Crippen molar-refractivity contribution in [3.8, 4) is 0 Å². The molecule has 0 spiro atoms. The second-order valence-electron chi connectivity index (χ2n) is 4.09. The van der Waals surface area contributed by atoms with E-state index < -0.39 is 11.5 Å². The first-order valence-electron chi connectivity index (χ1n) is 5.27. The van der Waals surface area contributed by atoms with Crippen LogP contribution in [0.3, 0.4) is 0 Å². The molecule has 0 aromatic heterocycles. The third-order valence-electron chi connectivity index (χ3n) is 2.94. The molecule has 0 atom stereocenters. The number of aliphatic carboxylic acids is 1. The second-order valence-corrected chi connectivity index (χ2v) is 4.09. The van der Waals surface area contributed by atoms with Crippen LogP contribution in [0.2, 0.25) is 0 Å². The fraction of sp³-hybridized carbons (Fsp3) is 0.800. The van der Waals surface area contributed by atoms with Crippen LogP contribution < -0.4 is 5.32 Å². The van der Waals surface area contributed by atoms with Crippen molar-refractivity contribution in [1.29, 1.82) is 0 Å². The summed E-state index contributed by atoms with van der Waals surface area (Å²) in [6.07, 6.45) is 1.85. The number of rotatable bonds is 5. The number of amides is 2. The van der Waals surface area contributed by atoms with Gasteiger partial charge in [0.05, 0.1) is 6.61 Å². The van der Waals surface area contributed by atoms with E-state index in [1.807, 2.05) is 0 Å². The number of likely N-dealkylation sites (N-methyl/N-ethyl adjacent to an activating group) is 1. The van der Waals surface area contributed by atoms with Crippen LogP contribution in [0.4, 0.5) is 4.79 Å². The van der Waals surface area contributed by atoms with Crippen molar-refractivity contribution >= 4 is 12.0 Å². The molecule has 6 heteroatoms. The Morgan fingerprint density at radius 2 is 2.12 bits per heavy atom. The van der Waals surface area contributed by atoms with Gasteiger partial charge in [-0.1, -0.05) is 0 Å². The van der Waals surface area contributed by atoms with Crippen LogP contribution >= 0.6 is 0 Å². The fourth-order valence-electron chi connectivity index (χ4n) is 1.55. The van der Waals surface area contributed by atoms with E-state index in [2.05, 4.69) is 5.32 Å². The number of nitrogens with zero attached hydrogens (tertiary/aromatic N) is 1. The molecule has 0 bridgehead atoms. The van der Waals surface area contributed by atoms with Crippen LogP contribution in [0.25, 0.3) is 0 Å². The van der Waals surface area contributed by atoms with Gasteiger partial charge in [0.2, 0.25) is 0 Å². The maximum atomic E-state index is 11.7. The van der Waals surface area contributed by atoms with Gasteiger partial charge in [-0.2, -0.15) is 0 Å². The fourth-order valence-corrected chi connectivity index (χ4v) is 1.55. The minimum absolute atomic E-state index is 0.362. The first-order valence-corrected chi connectivity index (χ1v) is 5.27. The molecule has 16 heavy (non-hydrogen) atoms. The number of hydrogen-bond acceptors (Lipinski definition) is 3. The Morgan fingerprint density at radius 3 is 2.50 bits per heavy atom. The summed E-state index contributed by atoms with van der Waals surface area (Å²) >= 11 is 0. The van der Waals surface area contributed by atoms with Crippen molar-refractivity contribution in [2.24, 2.45) is 0 Å². The van der Waals surface area contributed by atoms with E-state index in [0.29, 0.717) is 26.0 Å². The molecular formula is C10H18N2O4. The van der Waals surface area contributed by atoms with Crippen molar-refractivity contribution in [2.45, 2.75) is 24.8 Å². The monoisotopic (exact) mass is 230 g/mol. The number of urea groups is 1. The molecule has 1 saturated carbocycles. The lowest BCUT2D eigenvalue weighted by Crippen LogP contribution is -2.61. The molecule has 0 aromatic carbocycles. The van der Waals surface area contributed by atoms with Gasteiger partial charge in [-0.3, -0.25) is 0 Å². The van der Waals surface area contributed by atoms with Crippen LogP contribution in [-0.2, 0) is 9.53 Å². The minimum Gasteiger partial charge on any atom is -0.480 e. The second kappa shape index (κ2) is 5.16. The minimum atomic E-state index is -1.04. The Hall–Kier alpha value is -1.30.